The van der Waals surface area contributed by atoms with Crippen LogP contribution in [-0.4, -0.2) is 28.7 Å². The summed E-state index contributed by atoms with van der Waals surface area (Å²) in [5, 5.41) is 3.86. The maximum absolute atomic E-state index is 12.5. The topological polar surface area (TPSA) is 66.5 Å². The Bertz CT molecular complexity index is 898. The molecule has 1 fully saturated rings. The molecule has 3 amide bonds. The maximum atomic E-state index is 12.5. The summed E-state index contributed by atoms with van der Waals surface area (Å²) in [6, 6.07) is 12.0. The van der Waals surface area contributed by atoms with Crippen molar-refractivity contribution < 1.29 is 14.4 Å². The van der Waals surface area contributed by atoms with E-state index < -0.39 is 6.04 Å². The third-order valence-electron chi connectivity index (χ3n) is 4.55. The smallest absolute Gasteiger partial charge is 0.243 e. The van der Waals surface area contributed by atoms with Crippen LogP contribution in [0.5, 0.6) is 0 Å². The molecule has 1 saturated heterocycles. The zero-order valence-corrected chi connectivity index (χ0v) is 16.2. The number of nitrogens with one attached hydrogen (secondary N) is 1. The van der Waals surface area contributed by atoms with E-state index in [1.165, 1.54) is 0 Å². The Morgan fingerprint density at radius 1 is 1.07 bits per heavy atom. The van der Waals surface area contributed by atoms with Crippen LogP contribution in [0.15, 0.2) is 42.5 Å². The van der Waals surface area contributed by atoms with Gasteiger partial charge in [0.15, 0.2) is 0 Å². The van der Waals surface area contributed by atoms with E-state index in [4.69, 9.17) is 23.2 Å². The number of hydrogen-bond donors (Lipinski definition) is 1. The largest absolute Gasteiger partial charge is 0.350 e. The lowest BCUT2D eigenvalue weighted by atomic mass is 9.99. The van der Waals surface area contributed by atoms with E-state index in [0.29, 0.717) is 10.0 Å². The molecule has 0 aliphatic carbocycles. The van der Waals surface area contributed by atoms with E-state index in [-0.39, 0.29) is 37.1 Å². The van der Waals surface area contributed by atoms with Gasteiger partial charge in [-0.15, -0.1) is 0 Å². The molecule has 2 aromatic rings. The number of likely N-dealkylation sites (tertiary alicyclic amines) is 1. The van der Waals surface area contributed by atoms with Crippen molar-refractivity contribution in [2.75, 3.05) is 0 Å². The Morgan fingerprint density at radius 2 is 1.74 bits per heavy atom. The molecule has 0 saturated carbocycles. The van der Waals surface area contributed by atoms with Crippen molar-refractivity contribution in [2.24, 2.45) is 0 Å². The van der Waals surface area contributed by atoms with Crippen molar-refractivity contribution in [3.05, 3.63) is 58.1 Å². The molecular formula is C20H18Cl2N2O3. The van der Waals surface area contributed by atoms with Crippen molar-refractivity contribution >= 4 is 40.9 Å². The van der Waals surface area contributed by atoms with E-state index in [1.807, 2.05) is 30.3 Å². The van der Waals surface area contributed by atoms with E-state index >= 15 is 0 Å². The fraction of sp³-hybridized carbons (Fsp3) is 0.250. The summed E-state index contributed by atoms with van der Waals surface area (Å²) < 4.78 is 0. The number of imide groups is 1. The van der Waals surface area contributed by atoms with Crippen LogP contribution in [0.4, 0.5) is 0 Å². The second-order valence-corrected chi connectivity index (χ2v) is 7.18. The third-order valence-corrected chi connectivity index (χ3v) is 5.10. The highest BCUT2D eigenvalue weighted by Crippen LogP contribution is 2.32. The lowest BCUT2D eigenvalue weighted by Crippen LogP contribution is -2.47. The monoisotopic (exact) mass is 404 g/mol. The number of benzene rings is 2. The molecule has 1 aliphatic rings. The fourth-order valence-corrected chi connectivity index (χ4v) is 3.63. The van der Waals surface area contributed by atoms with Gasteiger partial charge in [-0.1, -0.05) is 53.5 Å². The molecule has 1 N–H and O–H groups in total. The first-order valence-electron chi connectivity index (χ1n) is 8.54. The predicted octanol–water partition coefficient (Wildman–Crippen LogP) is 3.81. The average Bonchev–Trinajstić information content (AvgIpc) is 2.98. The summed E-state index contributed by atoms with van der Waals surface area (Å²) in [6.45, 7) is 1.80. The second kappa shape index (κ2) is 8.11. The normalized spacial score (nSPS) is 15.1. The van der Waals surface area contributed by atoms with Gasteiger partial charge in [0.2, 0.25) is 17.7 Å². The fourth-order valence-electron chi connectivity index (χ4n) is 3.12. The molecule has 7 heteroatoms. The standard InChI is InChI=1S/C20H18Cl2N2O3/c1-12(24-18(25)8-9-19(24)26)20(27)23-11-13-4-2-3-5-15(13)16-7-6-14(21)10-17(16)22/h2-7,10,12H,8-9,11H2,1H3,(H,23,27). The Labute approximate surface area is 167 Å². The van der Waals surface area contributed by atoms with Crippen molar-refractivity contribution in [3.8, 4) is 11.1 Å². The Hall–Kier alpha value is -2.37. The third kappa shape index (κ3) is 4.15. The van der Waals surface area contributed by atoms with Gasteiger partial charge in [-0.2, -0.15) is 0 Å². The summed E-state index contributed by atoms with van der Waals surface area (Å²) in [5.41, 5.74) is 2.55. The van der Waals surface area contributed by atoms with Crippen LogP contribution >= 0.6 is 23.2 Å². The molecule has 1 atom stereocenters. The molecule has 5 nitrogen and oxygen atoms in total. The number of rotatable bonds is 5. The lowest BCUT2D eigenvalue weighted by Gasteiger charge is -2.22. The van der Waals surface area contributed by atoms with Gasteiger partial charge < -0.3 is 5.32 Å². The van der Waals surface area contributed by atoms with E-state index in [0.717, 1.165) is 21.6 Å². The van der Waals surface area contributed by atoms with Gasteiger partial charge in [0.1, 0.15) is 6.04 Å². The summed E-state index contributed by atoms with van der Waals surface area (Å²) in [5.74, 6) is -0.998. The van der Waals surface area contributed by atoms with Gasteiger partial charge in [-0.05, 0) is 30.2 Å². The number of nitrogens with zero attached hydrogens (tertiary/aromatic N) is 1. The second-order valence-electron chi connectivity index (χ2n) is 6.33. The molecule has 27 heavy (non-hydrogen) atoms. The molecule has 0 bridgehead atoms. The SMILES string of the molecule is CC(C(=O)NCc1ccccc1-c1ccc(Cl)cc1Cl)N1C(=O)CCC1=O. The lowest BCUT2D eigenvalue weighted by molar-refractivity contribution is -0.146. The van der Waals surface area contributed by atoms with Gasteiger partial charge in [0, 0.05) is 35.0 Å². The Kier molecular flexibility index (Phi) is 5.82. The average molecular weight is 405 g/mol. The van der Waals surface area contributed by atoms with Gasteiger partial charge >= 0.3 is 0 Å². The minimum atomic E-state index is -0.834. The number of halogens is 2. The van der Waals surface area contributed by atoms with Crippen molar-refractivity contribution in [1.82, 2.24) is 10.2 Å². The molecule has 2 aromatic carbocycles. The molecule has 140 valence electrons. The molecule has 0 radical (unpaired) electrons. The Balaban J connectivity index is 1.76. The molecule has 1 unspecified atom stereocenters. The summed E-state index contributed by atoms with van der Waals surface area (Å²) in [4.78, 5) is 37.1. The first-order chi connectivity index (χ1) is 12.9. The maximum Gasteiger partial charge on any atom is 0.243 e. The van der Waals surface area contributed by atoms with E-state index in [9.17, 15) is 14.4 Å². The molecule has 1 heterocycles. The van der Waals surface area contributed by atoms with E-state index in [1.54, 1.807) is 19.1 Å². The van der Waals surface area contributed by atoms with Crippen LogP contribution in [0.3, 0.4) is 0 Å². The van der Waals surface area contributed by atoms with Crippen LogP contribution in [-0.2, 0) is 20.9 Å². The number of carbonyl (C=O) groups excluding carboxylic acids is 3. The van der Waals surface area contributed by atoms with Gasteiger partial charge in [0.05, 0.1) is 0 Å². The van der Waals surface area contributed by atoms with Gasteiger partial charge in [-0.25, -0.2) is 0 Å². The minimum Gasteiger partial charge on any atom is -0.350 e. The highest BCUT2D eigenvalue weighted by Gasteiger charge is 2.35. The minimum absolute atomic E-state index is 0.161. The quantitative estimate of drug-likeness (QED) is 0.770. The van der Waals surface area contributed by atoms with Gasteiger partial charge in [0.25, 0.3) is 0 Å². The Morgan fingerprint density at radius 3 is 2.41 bits per heavy atom. The van der Waals surface area contributed by atoms with Crippen LogP contribution in [0.1, 0.15) is 25.3 Å². The van der Waals surface area contributed by atoms with E-state index in [2.05, 4.69) is 5.32 Å². The van der Waals surface area contributed by atoms with Gasteiger partial charge in [-0.3, -0.25) is 19.3 Å². The number of amides is 3. The van der Waals surface area contributed by atoms with Crippen LogP contribution in [0.25, 0.3) is 11.1 Å². The highest BCUT2D eigenvalue weighted by atomic mass is 35.5. The van der Waals surface area contributed by atoms with Crippen LogP contribution in [0.2, 0.25) is 10.0 Å². The summed E-state index contributed by atoms with van der Waals surface area (Å²) >= 11 is 12.3. The molecular weight excluding hydrogens is 387 g/mol. The first-order valence-corrected chi connectivity index (χ1v) is 9.30. The summed E-state index contributed by atoms with van der Waals surface area (Å²) in [7, 11) is 0. The highest BCUT2D eigenvalue weighted by molar-refractivity contribution is 6.36. The number of hydrogen-bond acceptors (Lipinski definition) is 3. The zero-order valence-electron chi connectivity index (χ0n) is 14.7. The van der Waals surface area contributed by atoms with Crippen LogP contribution in [0, 0.1) is 0 Å². The van der Waals surface area contributed by atoms with Crippen molar-refractivity contribution in [1.29, 1.82) is 0 Å². The molecule has 0 aromatic heterocycles. The number of carbonyl (C=O) groups is 3. The first kappa shape index (κ1) is 19.4. The molecule has 3 rings (SSSR count). The zero-order chi connectivity index (χ0) is 19.6. The predicted molar refractivity (Wildman–Crippen MR) is 104 cm³/mol. The van der Waals surface area contributed by atoms with Crippen molar-refractivity contribution in [3.63, 3.8) is 0 Å². The molecule has 1 aliphatic heterocycles. The van der Waals surface area contributed by atoms with Crippen LogP contribution < -0.4 is 5.32 Å². The molecule has 0 spiro atoms. The van der Waals surface area contributed by atoms with Crippen molar-refractivity contribution in [2.45, 2.75) is 32.4 Å². The summed E-state index contributed by atoms with van der Waals surface area (Å²) in [6.07, 6.45) is 0.322.